The number of aliphatic hydroxyl groups is 2. The second kappa shape index (κ2) is 12.6. The zero-order chi connectivity index (χ0) is 29.7. The van der Waals surface area contributed by atoms with Gasteiger partial charge in [0.1, 0.15) is 23.8 Å². The van der Waals surface area contributed by atoms with Gasteiger partial charge in [-0.2, -0.15) is 0 Å². The lowest BCUT2D eigenvalue weighted by Crippen LogP contribution is -2.50. The Morgan fingerprint density at radius 3 is 2.15 bits per heavy atom. The molecule has 2 aromatic rings. The zero-order valence-corrected chi connectivity index (χ0v) is 22.7. The van der Waals surface area contributed by atoms with Crippen LogP contribution in [0.15, 0.2) is 48.8 Å². The number of piperidine rings is 1. The van der Waals surface area contributed by atoms with E-state index < -0.39 is 42.0 Å². The Labute approximate surface area is 232 Å². The van der Waals surface area contributed by atoms with E-state index in [0.29, 0.717) is 18.7 Å². The molecule has 0 spiro atoms. The molecule has 3 heterocycles. The number of carboxylic acids is 3. The molecular formula is C28H37N3O9. The number of aromatic nitrogens is 2. The number of aliphatic carboxylic acids is 3. The lowest BCUT2D eigenvalue weighted by atomic mass is 9.85. The summed E-state index contributed by atoms with van der Waals surface area (Å²) in [6.45, 7) is 7.31. The fourth-order valence-corrected chi connectivity index (χ4v) is 5.46. The number of carboxylic acid groups (broad SMARTS) is 3. The second-order valence-corrected chi connectivity index (χ2v) is 10.7. The van der Waals surface area contributed by atoms with E-state index in [1.807, 2.05) is 36.9 Å². The molecule has 2 atom stereocenters. The van der Waals surface area contributed by atoms with Crippen LogP contribution in [0, 0.1) is 0 Å². The van der Waals surface area contributed by atoms with E-state index in [0.717, 1.165) is 49.4 Å². The van der Waals surface area contributed by atoms with Crippen molar-refractivity contribution in [1.29, 1.82) is 0 Å². The lowest BCUT2D eigenvalue weighted by molar-refractivity contribution is -0.170. The van der Waals surface area contributed by atoms with Crippen molar-refractivity contribution < 1.29 is 44.7 Å². The quantitative estimate of drug-likeness (QED) is 0.254. The molecule has 5 N–H and O–H groups in total. The SMILES string of the molecule is C=C(C)COc1ccccc1CN1C2CCC1CC(O)(c1nccn1C)C2.O=C(O)CC(O)(CC(=O)O)C(=O)O. The van der Waals surface area contributed by atoms with Crippen molar-refractivity contribution in [2.75, 3.05) is 6.61 Å². The highest BCUT2D eigenvalue weighted by Crippen LogP contribution is 2.46. The number of rotatable bonds is 11. The Morgan fingerprint density at radius 2 is 1.68 bits per heavy atom. The number of carbonyl (C=O) groups is 3. The first-order valence-corrected chi connectivity index (χ1v) is 12.9. The molecule has 2 aliphatic rings. The molecule has 0 amide bonds. The number of fused-ring (bicyclic) bond motifs is 2. The summed E-state index contributed by atoms with van der Waals surface area (Å²) in [6.07, 6.45) is 5.14. The molecule has 1 aromatic heterocycles. The first kappa shape index (κ1) is 30.8. The van der Waals surface area contributed by atoms with Crippen molar-refractivity contribution >= 4 is 17.9 Å². The van der Waals surface area contributed by atoms with Gasteiger partial charge in [0.25, 0.3) is 0 Å². The Hall–Kier alpha value is -3.74. The average Bonchev–Trinajstić information content (AvgIpc) is 3.39. The topological polar surface area (TPSA) is 183 Å². The van der Waals surface area contributed by atoms with Crippen molar-refractivity contribution in [2.24, 2.45) is 7.05 Å². The van der Waals surface area contributed by atoms with Crippen molar-refractivity contribution in [1.82, 2.24) is 14.5 Å². The predicted molar refractivity (Wildman–Crippen MR) is 143 cm³/mol. The molecule has 2 bridgehead atoms. The summed E-state index contributed by atoms with van der Waals surface area (Å²) in [5.41, 5.74) is -1.34. The van der Waals surface area contributed by atoms with E-state index in [1.165, 1.54) is 5.56 Å². The van der Waals surface area contributed by atoms with Gasteiger partial charge in [0.15, 0.2) is 5.60 Å². The first-order chi connectivity index (χ1) is 18.7. The number of ether oxygens (including phenoxy) is 1. The molecule has 40 heavy (non-hydrogen) atoms. The summed E-state index contributed by atoms with van der Waals surface area (Å²) >= 11 is 0. The normalized spacial score (nSPS) is 22.2. The predicted octanol–water partition coefficient (Wildman–Crippen LogP) is 2.14. The standard InChI is InChI=1S/C22H29N3O2.C6H8O7/c1-16(2)15-27-20-7-5-4-6-17(20)14-25-18-8-9-19(25)13-22(26,12-18)21-23-10-11-24(21)3;7-3(8)1-6(13,5(11)12)2-4(9)10/h4-7,10-11,18-19,26H,1,8-9,12-15H2,2-3H3;13H,1-2H2,(H,7,8)(H,9,10)(H,11,12). The van der Waals surface area contributed by atoms with Crippen LogP contribution < -0.4 is 4.74 Å². The Morgan fingerprint density at radius 1 is 1.10 bits per heavy atom. The molecule has 2 aliphatic heterocycles. The summed E-state index contributed by atoms with van der Waals surface area (Å²) in [6, 6.07) is 9.02. The minimum Gasteiger partial charge on any atom is -0.489 e. The minimum atomic E-state index is -2.74. The van der Waals surface area contributed by atoms with Gasteiger partial charge in [0.2, 0.25) is 0 Å². The molecule has 12 nitrogen and oxygen atoms in total. The van der Waals surface area contributed by atoms with Gasteiger partial charge >= 0.3 is 17.9 Å². The number of nitrogens with zero attached hydrogens (tertiary/aromatic N) is 3. The van der Waals surface area contributed by atoms with Gasteiger partial charge in [-0.05, 0) is 44.2 Å². The van der Waals surface area contributed by atoms with E-state index in [1.54, 1.807) is 6.20 Å². The highest BCUT2D eigenvalue weighted by atomic mass is 16.5. The van der Waals surface area contributed by atoms with E-state index in [9.17, 15) is 19.5 Å². The molecule has 2 fully saturated rings. The van der Waals surface area contributed by atoms with E-state index in [4.69, 9.17) is 25.2 Å². The summed E-state index contributed by atoms with van der Waals surface area (Å²) in [4.78, 5) is 37.5. The maximum absolute atomic E-state index is 11.3. The summed E-state index contributed by atoms with van der Waals surface area (Å²) in [5, 5.41) is 45.1. The van der Waals surface area contributed by atoms with E-state index in [2.05, 4.69) is 28.6 Å². The number of imidazole rings is 1. The van der Waals surface area contributed by atoms with Gasteiger partial charge in [-0.15, -0.1) is 0 Å². The largest absolute Gasteiger partial charge is 0.489 e. The number of hydrogen-bond donors (Lipinski definition) is 5. The Balaban J connectivity index is 0.000000289. The molecule has 1 aromatic carbocycles. The van der Waals surface area contributed by atoms with Gasteiger partial charge in [0.05, 0.1) is 12.8 Å². The zero-order valence-electron chi connectivity index (χ0n) is 22.7. The van der Waals surface area contributed by atoms with Crippen molar-refractivity contribution in [2.45, 2.75) is 75.3 Å². The van der Waals surface area contributed by atoms with Crippen molar-refractivity contribution in [3.63, 3.8) is 0 Å². The third-order valence-corrected chi connectivity index (χ3v) is 7.24. The summed E-state index contributed by atoms with van der Waals surface area (Å²) in [7, 11) is 1.96. The fraction of sp³-hybridized carbons (Fsp3) is 0.500. The highest BCUT2D eigenvalue weighted by molar-refractivity contribution is 5.88. The van der Waals surface area contributed by atoms with E-state index in [-0.39, 0.29) is 0 Å². The van der Waals surface area contributed by atoms with Crippen LogP contribution in [0.5, 0.6) is 5.75 Å². The van der Waals surface area contributed by atoms with Crippen LogP contribution in [0.3, 0.4) is 0 Å². The number of hydrogen-bond acceptors (Lipinski definition) is 8. The van der Waals surface area contributed by atoms with Gasteiger partial charge in [-0.3, -0.25) is 14.5 Å². The molecule has 218 valence electrons. The number of benzene rings is 1. The van der Waals surface area contributed by atoms with Crippen LogP contribution in [0.2, 0.25) is 0 Å². The summed E-state index contributed by atoms with van der Waals surface area (Å²) in [5.74, 6) is -3.29. The average molecular weight is 560 g/mol. The van der Waals surface area contributed by atoms with E-state index >= 15 is 0 Å². The molecule has 2 unspecified atom stereocenters. The van der Waals surface area contributed by atoms with Gasteiger partial charge < -0.3 is 34.8 Å². The molecule has 12 heteroatoms. The van der Waals surface area contributed by atoms with Crippen LogP contribution in [0.25, 0.3) is 0 Å². The maximum Gasteiger partial charge on any atom is 0.336 e. The van der Waals surface area contributed by atoms with Crippen LogP contribution >= 0.6 is 0 Å². The summed E-state index contributed by atoms with van der Waals surface area (Å²) < 4.78 is 7.91. The van der Waals surface area contributed by atoms with Crippen molar-refractivity contribution in [3.05, 3.63) is 60.2 Å². The van der Waals surface area contributed by atoms with Gasteiger partial charge in [-0.1, -0.05) is 24.8 Å². The molecule has 0 aliphatic carbocycles. The monoisotopic (exact) mass is 559 g/mol. The van der Waals surface area contributed by atoms with Crippen LogP contribution in [-0.2, 0) is 33.6 Å². The molecule has 0 saturated carbocycles. The Kier molecular flexibility index (Phi) is 9.72. The third-order valence-electron chi connectivity index (χ3n) is 7.24. The molecule has 2 saturated heterocycles. The maximum atomic E-state index is 11.3. The first-order valence-electron chi connectivity index (χ1n) is 12.9. The number of aryl methyl sites for hydroxylation is 1. The smallest absolute Gasteiger partial charge is 0.336 e. The van der Waals surface area contributed by atoms with Crippen LogP contribution in [-0.4, -0.2) is 82.2 Å². The Bertz CT molecular complexity index is 1210. The number of para-hydroxylation sites is 1. The molecule has 0 radical (unpaired) electrons. The van der Waals surface area contributed by atoms with Gasteiger partial charge in [0, 0.05) is 43.6 Å². The van der Waals surface area contributed by atoms with Gasteiger partial charge in [-0.25, -0.2) is 9.78 Å². The fourth-order valence-electron chi connectivity index (χ4n) is 5.46. The third kappa shape index (κ3) is 7.46. The van der Waals surface area contributed by atoms with Crippen molar-refractivity contribution in [3.8, 4) is 5.75 Å². The lowest BCUT2D eigenvalue weighted by Gasteiger charge is -2.43. The molecular weight excluding hydrogens is 522 g/mol. The highest BCUT2D eigenvalue weighted by Gasteiger charge is 2.50. The molecule has 4 rings (SSSR count). The minimum absolute atomic E-state index is 0.375. The second-order valence-electron chi connectivity index (χ2n) is 10.7. The van der Waals surface area contributed by atoms with Crippen LogP contribution in [0.1, 0.15) is 56.8 Å². The van der Waals surface area contributed by atoms with Crippen LogP contribution in [0.4, 0.5) is 0 Å².